The number of hydrogen-bond acceptors (Lipinski definition) is 0. The highest BCUT2D eigenvalue weighted by Crippen LogP contribution is 2.59. The Morgan fingerprint density at radius 3 is 1.43 bits per heavy atom. The van der Waals surface area contributed by atoms with Crippen molar-refractivity contribution in [3.8, 4) is 0 Å². The molecule has 14 heavy (non-hydrogen) atoms. The van der Waals surface area contributed by atoms with Crippen LogP contribution in [0, 0.1) is 0 Å². The van der Waals surface area contributed by atoms with E-state index in [9.17, 15) is 0 Å². The molecule has 1 aromatic heterocycles. The molecule has 0 atom stereocenters. The molecule has 0 aliphatic heterocycles. The highest BCUT2D eigenvalue weighted by Gasteiger charge is 2.35. The molecule has 0 unspecified atom stereocenters. The molecule has 0 fully saturated rings. The minimum atomic E-state index is -0.184. The first kappa shape index (κ1) is 11.8. The Balaban J connectivity index is 3.08. The van der Waals surface area contributed by atoms with Gasteiger partial charge in [0.15, 0.2) is 0 Å². The summed E-state index contributed by atoms with van der Waals surface area (Å²) < 4.78 is 2.40. The standard InChI is InChI=1S/C12H22NP/c1-11(2,3)14(12(4,5)6)13-9-7-8-10-13/h7-10H,1-6H3. The quantitative estimate of drug-likeness (QED) is 0.609. The van der Waals surface area contributed by atoms with Crippen molar-refractivity contribution in [1.82, 2.24) is 4.34 Å². The Morgan fingerprint density at radius 2 is 1.14 bits per heavy atom. The monoisotopic (exact) mass is 211 g/mol. The van der Waals surface area contributed by atoms with Crippen molar-refractivity contribution >= 4 is 8.07 Å². The van der Waals surface area contributed by atoms with Crippen LogP contribution in [-0.2, 0) is 0 Å². The topological polar surface area (TPSA) is 4.93 Å². The van der Waals surface area contributed by atoms with Crippen LogP contribution in [0.5, 0.6) is 0 Å². The first-order valence-electron chi connectivity index (χ1n) is 5.16. The summed E-state index contributed by atoms with van der Waals surface area (Å²) in [6.45, 7) is 14.0. The van der Waals surface area contributed by atoms with Gasteiger partial charge >= 0.3 is 0 Å². The van der Waals surface area contributed by atoms with E-state index in [0.29, 0.717) is 10.3 Å². The van der Waals surface area contributed by atoms with Gasteiger partial charge in [0.05, 0.1) is 0 Å². The van der Waals surface area contributed by atoms with Gasteiger partial charge in [0.25, 0.3) is 0 Å². The van der Waals surface area contributed by atoms with Crippen molar-refractivity contribution in [3.63, 3.8) is 0 Å². The van der Waals surface area contributed by atoms with Gasteiger partial charge in [-0.1, -0.05) is 41.5 Å². The third-order valence-corrected chi connectivity index (χ3v) is 5.36. The average Bonchev–Trinajstić information content (AvgIpc) is 2.31. The zero-order chi connectivity index (χ0) is 11.0. The number of hydrogen-bond donors (Lipinski definition) is 0. The molecule has 80 valence electrons. The second kappa shape index (κ2) is 3.70. The summed E-state index contributed by atoms with van der Waals surface area (Å²) >= 11 is 0. The molecular formula is C12H22NP. The molecule has 0 radical (unpaired) electrons. The Morgan fingerprint density at radius 1 is 0.786 bits per heavy atom. The molecule has 0 aliphatic rings. The van der Waals surface area contributed by atoms with Crippen molar-refractivity contribution < 1.29 is 0 Å². The van der Waals surface area contributed by atoms with Crippen LogP contribution < -0.4 is 0 Å². The molecule has 1 nitrogen and oxygen atoms in total. The fourth-order valence-electron chi connectivity index (χ4n) is 2.16. The van der Waals surface area contributed by atoms with Crippen LogP contribution >= 0.6 is 8.07 Å². The maximum absolute atomic E-state index is 2.40. The Kier molecular flexibility index (Phi) is 3.11. The summed E-state index contributed by atoms with van der Waals surface area (Å²) in [5, 5.41) is 0.708. The summed E-state index contributed by atoms with van der Waals surface area (Å²) in [4.78, 5) is 0. The van der Waals surface area contributed by atoms with E-state index in [1.807, 2.05) is 0 Å². The van der Waals surface area contributed by atoms with Gasteiger partial charge in [-0.25, -0.2) is 0 Å². The number of nitrogens with zero attached hydrogens (tertiary/aromatic N) is 1. The lowest BCUT2D eigenvalue weighted by molar-refractivity contribution is 0.692. The van der Waals surface area contributed by atoms with Crippen LogP contribution in [0.2, 0.25) is 0 Å². The maximum atomic E-state index is 2.40. The fraction of sp³-hybridized carbons (Fsp3) is 0.667. The summed E-state index contributed by atoms with van der Waals surface area (Å²) in [5.74, 6) is 0. The van der Waals surface area contributed by atoms with Crippen molar-refractivity contribution in [1.29, 1.82) is 0 Å². The van der Waals surface area contributed by atoms with Crippen molar-refractivity contribution in [2.75, 3.05) is 0 Å². The molecule has 1 aromatic rings. The Labute approximate surface area is 89.3 Å². The first-order valence-corrected chi connectivity index (χ1v) is 6.46. The highest BCUT2D eigenvalue weighted by atomic mass is 31.1. The van der Waals surface area contributed by atoms with E-state index in [4.69, 9.17) is 0 Å². The molecule has 0 aliphatic carbocycles. The van der Waals surface area contributed by atoms with Gasteiger partial charge in [0, 0.05) is 30.8 Å². The van der Waals surface area contributed by atoms with Crippen molar-refractivity contribution in [2.24, 2.45) is 0 Å². The van der Waals surface area contributed by atoms with Gasteiger partial charge in [-0.3, -0.25) is 0 Å². The predicted octanol–water partition coefficient (Wildman–Crippen LogP) is 4.33. The van der Waals surface area contributed by atoms with E-state index in [1.165, 1.54) is 0 Å². The maximum Gasteiger partial charge on any atom is 0.00742 e. The van der Waals surface area contributed by atoms with Gasteiger partial charge in [0.2, 0.25) is 0 Å². The SMILES string of the molecule is CC(C)(C)P(n1cccc1)C(C)(C)C. The molecule has 0 saturated carbocycles. The van der Waals surface area contributed by atoms with Crippen LogP contribution in [0.25, 0.3) is 0 Å². The molecule has 0 amide bonds. The fourth-order valence-corrected chi connectivity index (χ4v) is 5.98. The molecule has 0 bridgehead atoms. The lowest BCUT2D eigenvalue weighted by Crippen LogP contribution is -2.28. The summed E-state index contributed by atoms with van der Waals surface area (Å²) in [7, 11) is -0.184. The van der Waals surface area contributed by atoms with Gasteiger partial charge in [-0.2, -0.15) is 0 Å². The molecule has 1 rings (SSSR count). The smallest absolute Gasteiger partial charge is 0.00742 e. The van der Waals surface area contributed by atoms with E-state index in [0.717, 1.165) is 0 Å². The van der Waals surface area contributed by atoms with Gasteiger partial charge in [-0.15, -0.1) is 0 Å². The minimum Gasteiger partial charge on any atom is -0.332 e. The predicted molar refractivity (Wildman–Crippen MR) is 66.3 cm³/mol. The molecule has 0 N–H and O–H groups in total. The zero-order valence-corrected chi connectivity index (χ0v) is 11.1. The molecule has 0 aromatic carbocycles. The van der Waals surface area contributed by atoms with Gasteiger partial charge in [0.1, 0.15) is 0 Å². The first-order chi connectivity index (χ1) is 6.23. The molecular weight excluding hydrogens is 189 g/mol. The Bertz CT molecular complexity index is 260. The zero-order valence-electron chi connectivity index (χ0n) is 10.2. The van der Waals surface area contributed by atoms with E-state index in [-0.39, 0.29) is 8.07 Å². The second-order valence-electron chi connectivity index (χ2n) is 5.72. The van der Waals surface area contributed by atoms with Crippen LogP contribution in [0.4, 0.5) is 0 Å². The summed E-state index contributed by atoms with van der Waals surface area (Å²) in [6, 6.07) is 4.24. The molecule has 0 saturated heterocycles. The molecule has 2 heteroatoms. The van der Waals surface area contributed by atoms with Crippen molar-refractivity contribution in [2.45, 2.75) is 51.9 Å². The van der Waals surface area contributed by atoms with Crippen LogP contribution in [0.3, 0.4) is 0 Å². The van der Waals surface area contributed by atoms with Crippen LogP contribution in [-0.4, -0.2) is 14.6 Å². The van der Waals surface area contributed by atoms with Gasteiger partial charge < -0.3 is 4.34 Å². The van der Waals surface area contributed by atoms with E-state index in [2.05, 4.69) is 70.4 Å². The summed E-state index contributed by atoms with van der Waals surface area (Å²) in [6.07, 6.45) is 4.39. The lowest BCUT2D eigenvalue weighted by atomic mass is 10.2. The molecule has 0 spiro atoms. The van der Waals surface area contributed by atoms with E-state index < -0.39 is 0 Å². The van der Waals surface area contributed by atoms with E-state index in [1.54, 1.807) is 0 Å². The normalized spacial score (nSPS) is 13.6. The number of rotatable bonds is 1. The van der Waals surface area contributed by atoms with E-state index >= 15 is 0 Å². The third kappa shape index (κ3) is 2.60. The van der Waals surface area contributed by atoms with Crippen molar-refractivity contribution in [3.05, 3.63) is 24.5 Å². The second-order valence-corrected chi connectivity index (χ2v) is 9.49. The van der Waals surface area contributed by atoms with Crippen LogP contribution in [0.1, 0.15) is 41.5 Å². The lowest BCUT2D eigenvalue weighted by Gasteiger charge is -2.41. The Hall–Kier alpha value is -0.290. The molecule has 1 heterocycles. The average molecular weight is 211 g/mol. The number of aromatic nitrogens is 1. The largest absolute Gasteiger partial charge is 0.332 e. The summed E-state index contributed by atoms with van der Waals surface area (Å²) in [5.41, 5.74) is 0. The van der Waals surface area contributed by atoms with Gasteiger partial charge in [-0.05, 0) is 12.1 Å². The highest BCUT2D eigenvalue weighted by molar-refractivity contribution is 7.59. The minimum absolute atomic E-state index is 0.184. The van der Waals surface area contributed by atoms with Crippen LogP contribution in [0.15, 0.2) is 24.5 Å². The third-order valence-electron chi connectivity index (χ3n) is 2.09.